The van der Waals surface area contributed by atoms with Crippen LogP contribution in [-0.4, -0.2) is 6.71 Å². The van der Waals surface area contributed by atoms with Crippen LogP contribution in [0.4, 0.5) is 17.1 Å². The first kappa shape index (κ1) is 43.3. The van der Waals surface area contributed by atoms with Crippen molar-refractivity contribution in [3.63, 3.8) is 0 Å². The quantitative estimate of drug-likeness (QED) is 0.156. The third kappa shape index (κ3) is 7.12. The van der Waals surface area contributed by atoms with Crippen molar-refractivity contribution >= 4 is 60.9 Å². The van der Waals surface area contributed by atoms with Crippen LogP contribution < -0.4 is 20.6 Å². The number of hydrogen-bond acceptors (Lipinski definition) is 2. The first-order valence-electron chi connectivity index (χ1n) is 23.7. The van der Waals surface area contributed by atoms with Gasteiger partial charge in [0.15, 0.2) is 0 Å². The molecule has 3 heteroatoms. The maximum atomic E-state index is 2.61. The van der Waals surface area contributed by atoms with Gasteiger partial charge in [0.05, 0.1) is 5.69 Å². The molecule has 0 saturated carbocycles. The van der Waals surface area contributed by atoms with E-state index in [-0.39, 0.29) is 33.8 Å². The van der Waals surface area contributed by atoms with Crippen LogP contribution in [0.15, 0.2) is 152 Å². The molecule has 0 fully saturated rings. The van der Waals surface area contributed by atoms with Gasteiger partial charge in [0, 0.05) is 32.5 Å². The Kier molecular flexibility index (Phi) is 9.95. The van der Waals surface area contributed by atoms with Gasteiger partial charge in [-0.25, -0.2) is 0 Å². The van der Waals surface area contributed by atoms with E-state index in [0.717, 1.165) is 11.4 Å². The summed E-state index contributed by atoms with van der Waals surface area (Å²) in [5.41, 5.74) is 20.9. The van der Waals surface area contributed by atoms with E-state index in [9.17, 15) is 0 Å². The topological polar surface area (TPSA) is 3.24 Å². The first-order valence-corrected chi connectivity index (χ1v) is 24.5. The second-order valence-electron chi connectivity index (χ2n) is 23.1. The fraction of sp³-hybridized carbons (Fsp3) is 0.290. The fourth-order valence-electron chi connectivity index (χ4n) is 11.0. The van der Waals surface area contributed by atoms with Gasteiger partial charge in [0.1, 0.15) is 0 Å². The molecule has 2 aliphatic heterocycles. The summed E-state index contributed by atoms with van der Waals surface area (Å²) >= 11 is 2.03. The summed E-state index contributed by atoms with van der Waals surface area (Å²) in [6.07, 6.45) is 0. The number of fused-ring (bicyclic) bond motifs is 6. The molecule has 0 aliphatic carbocycles. The van der Waals surface area contributed by atoms with Crippen molar-refractivity contribution in [3.8, 4) is 22.3 Å². The van der Waals surface area contributed by atoms with Crippen molar-refractivity contribution in [2.24, 2.45) is 0 Å². The molecule has 65 heavy (non-hydrogen) atoms. The van der Waals surface area contributed by atoms with E-state index < -0.39 is 0 Å². The molecule has 1 aromatic heterocycles. The van der Waals surface area contributed by atoms with E-state index >= 15 is 0 Å². The highest BCUT2D eigenvalue weighted by Gasteiger charge is 2.50. The molecule has 0 saturated heterocycles. The van der Waals surface area contributed by atoms with Crippen LogP contribution in [0.2, 0.25) is 0 Å². The molecular weight excluding hydrogens is 802 g/mol. The zero-order valence-electron chi connectivity index (χ0n) is 40.9. The molecule has 8 aromatic rings. The number of nitrogens with zero attached hydrogens (tertiary/aromatic N) is 1. The van der Waals surface area contributed by atoms with Crippen molar-refractivity contribution in [1.82, 2.24) is 0 Å². The monoisotopic (exact) mass is 865 g/mol. The predicted octanol–water partition coefficient (Wildman–Crippen LogP) is 15.4. The van der Waals surface area contributed by atoms with Gasteiger partial charge in [0.25, 0.3) is 6.71 Å². The fourth-order valence-corrected chi connectivity index (χ4v) is 12.5. The van der Waals surface area contributed by atoms with E-state index in [2.05, 4.69) is 247 Å². The highest BCUT2D eigenvalue weighted by atomic mass is 32.1. The maximum absolute atomic E-state index is 2.61. The molecule has 0 unspecified atom stereocenters. The van der Waals surface area contributed by atoms with Crippen LogP contribution in [0.3, 0.4) is 0 Å². The van der Waals surface area contributed by atoms with Crippen LogP contribution in [-0.2, 0) is 27.1 Å². The summed E-state index contributed by atoms with van der Waals surface area (Å²) in [7, 11) is 0. The zero-order chi connectivity index (χ0) is 46.0. The van der Waals surface area contributed by atoms with E-state index in [4.69, 9.17) is 0 Å². The Labute approximate surface area is 393 Å². The lowest BCUT2D eigenvalue weighted by Crippen LogP contribution is -2.65. The normalized spacial score (nSPS) is 15.1. The minimum Gasteiger partial charge on any atom is -0.310 e. The third-order valence-electron chi connectivity index (χ3n) is 14.9. The van der Waals surface area contributed by atoms with Crippen LogP contribution in [0.1, 0.15) is 129 Å². The number of benzene rings is 7. The van der Waals surface area contributed by atoms with Crippen molar-refractivity contribution < 1.29 is 0 Å². The Bertz CT molecular complexity index is 3050. The summed E-state index contributed by atoms with van der Waals surface area (Å²) in [5, 5.41) is 1.41. The van der Waals surface area contributed by atoms with Gasteiger partial charge >= 0.3 is 0 Å². The van der Waals surface area contributed by atoms with Gasteiger partial charge in [-0.15, -0.1) is 11.3 Å². The van der Waals surface area contributed by atoms with Gasteiger partial charge in [-0.1, -0.05) is 210 Å². The van der Waals surface area contributed by atoms with E-state index in [1.807, 2.05) is 11.3 Å². The van der Waals surface area contributed by atoms with Crippen molar-refractivity contribution in [2.75, 3.05) is 4.90 Å². The largest absolute Gasteiger partial charge is 0.310 e. The maximum Gasteiger partial charge on any atom is 0.255 e. The SMILES string of the molecule is CC(C)(C)c1ccc(N(c2ccc(C(C)(C)C)cc2)c2cc3c(cc2-c2ccccc2)B2c4sc5ccc(C(C)(C)C)cc5c4C(C)(C)c4cc(-c5ccccc5)cc(c42)C3(C)C)cc1. The van der Waals surface area contributed by atoms with Crippen molar-refractivity contribution in [2.45, 2.75) is 117 Å². The molecule has 0 amide bonds. The molecule has 2 aliphatic rings. The Morgan fingerprint density at radius 1 is 0.462 bits per heavy atom. The summed E-state index contributed by atoms with van der Waals surface area (Å²) in [6.45, 7) is 30.9. The van der Waals surface area contributed by atoms with E-state index in [1.54, 1.807) is 0 Å². The van der Waals surface area contributed by atoms with Gasteiger partial charge in [-0.3, -0.25) is 0 Å². The number of anilines is 3. The minimum atomic E-state index is -0.313. The van der Waals surface area contributed by atoms with Crippen molar-refractivity contribution in [1.29, 1.82) is 0 Å². The zero-order valence-corrected chi connectivity index (χ0v) is 41.7. The Balaban J connectivity index is 1.31. The molecule has 10 rings (SSSR count). The average Bonchev–Trinajstić information content (AvgIpc) is 3.66. The summed E-state index contributed by atoms with van der Waals surface area (Å²) in [4.78, 5) is 2.53. The molecule has 0 bridgehead atoms. The summed E-state index contributed by atoms with van der Waals surface area (Å²) in [6, 6.07) is 58.5. The lowest BCUT2D eigenvalue weighted by molar-refractivity contribution is 0.590. The van der Waals surface area contributed by atoms with Crippen LogP contribution in [0, 0.1) is 0 Å². The predicted molar refractivity (Wildman–Crippen MR) is 285 cm³/mol. The molecule has 0 radical (unpaired) electrons. The lowest BCUT2D eigenvalue weighted by atomic mass is 9.29. The van der Waals surface area contributed by atoms with Gasteiger partial charge in [-0.2, -0.15) is 0 Å². The van der Waals surface area contributed by atoms with E-state index in [0.29, 0.717) is 0 Å². The molecule has 1 nitrogen and oxygen atoms in total. The van der Waals surface area contributed by atoms with Gasteiger partial charge < -0.3 is 4.90 Å². The lowest BCUT2D eigenvalue weighted by Gasteiger charge is -2.46. The molecule has 0 spiro atoms. The van der Waals surface area contributed by atoms with Crippen LogP contribution in [0.25, 0.3) is 32.3 Å². The van der Waals surface area contributed by atoms with Crippen LogP contribution in [0.5, 0.6) is 0 Å². The molecule has 0 atom stereocenters. The second-order valence-corrected chi connectivity index (χ2v) is 24.2. The minimum absolute atomic E-state index is 0.0435. The molecule has 0 N–H and O–H groups in total. The number of rotatable bonds is 5. The molecule has 7 aromatic carbocycles. The van der Waals surface area contributed by atoms with Gasteiger partial charge in [0.2, 0.25) is 0 Å². The summed E-state index contributed by atoms with van der Waals surface area (Å²) < 4.78 is 2.87. The third-order valence-corrected chi connectivity index (χ3v) is 16.1. The van der Waals surface area contributed by atoms with Gasteiger partial charge in [-0.05, 0) is 125 Å². The highest BCUT2D eigenvalue weighted by Crippen LogP contribution is 2.50. The highest BCUT2D eigenvalue weighted by molar-refractivity contribution is 7.32. The molecule has 326 valence electrons. The number of hydrogen-bond donors (Lipinski definition) is 0. The Morgan fingerprint density at radius 3 is 1.48 bits per heavy atom. The standard InChI is InChI=1S/C62H64BNS/c1-58(2,3)42-24-29-45(30-25-42)64(46-31-26-43(27-32-46)59(4,5)6)53-38-49-52(37-47(53)40-22-18-15-19-23-40)63-56-50(61(49,10)11)34-41(39-20-16-14-17-21-39)35-51(56)62(12,13)55-48-36-44(60(7,8)9)28-33-54(48)65-57(55)63/h14-38H,1-13H3. The first-order chi connectivity index (χ1) is 30.6. The second kappa shape index (κ2) is 14.9. The smallest absolute Gasteiger partial charge is 0.255 e. The van der Waals surface area contributed by atoms with E-state index in [1.165, 1.54) is 92.7 Å². The Hall–Kier alpha value is -5.64. The van der Waals surface area contributed by atoms with Crippen LogP contribution >= 0.6 is 11.3 Å². The van der Waals surface area contributed by atoms with Crippen molar-refractivity contribution in [3.05, 3.63) is 191 Å². The molecule has 3 heterocycles. The average molecular weight is 866 g/mol. The summed E-state index contributed by atoms with van der Waals surface area (Å²) in [5.74, 6) is 0. The molecular formula is C62H64BNS. The Morgan fingerprint density at radius 2 is 0.954 bits per heavy atom. The number of thiophene rings is 1.